The molecule has 2 aromatic rings. The van der Waals surface area contributed by atoms with Crippen LogP contribution in [0.15, 0.2) is 48.5 Å². The average molecular weight is 524 g/mol. The first-order chi connectivity index (χ1) is 16.4. The van der Waals surface area contributed by atoms with Gasteiger partial charge in [0.2, 0.25) is 21.8 Å². The molecule has 0 saturated heterocycles. The van der Waals surface area contributed by atoms with Crippen LogP contribution in [-0.4, -0.2) is 57.1 Å². The Morgan fingerprint density at radius 1 is 1.06 bits per heavy atom. The van der Waals surface area contributed by atoms with Crippen LogP contribution in [0.5, 0.6) is 5.75 Å². The van der Waals surface area contributed by atoms with Gasteiger partial charge in [0.05, 0.1) is 19.1 Å². The molecule has 0 aliphatic rings. The van der Waals surface area contributed by atoms with Crippen molar-refractivity contribution >= 4 is 39.1 Å². The van der Waals surface area contributed by atoms with Crippen LogP contribution in [0.4, 0.5) is 5.69 Å². The summed E-state index contributed by atoms with van der Waals surface area (Å²) in [6.07, 6.45) is 1.44. The number of para-hydroxylation sites is 2. The number of amides is 2. The van der Waals surface area contributed by atoms with E-state index in [0.717, 1.165) is 11.8 Å². The van der Waals surface area contributed by atoms with Crippen LogP contribution in [0.2, 0.25) is 5.02 Å². The number of rotatable bonds is 12. The van der Waals surface area contributed by atoms with Gasteiger partial charge in [0.15, 0.2) is 0 Å². The minimum absolute atomic E-state index is 0.0635. The van der Waals surface area contributed by atoms with Gasteiger partial charge in [0.1, 0.15) is 11.8 Å². The number of carbonyl (C=O) groups is 2. The molecular formula is C25H34ClN3O5S. The molecule has 192 valence electrons. The molecule has 2 amide bonds. The maximum Gasteiger partial charge on any atom is 0.242 e. The number of halogens is 1. The van der Waals surface area contributed by atoms with Crippen LogP contribution in [0.25, 0.3) is 0 Å². The van der Waals surface area contributed by atoms with E-state index in [4.69, 9.17) is 16.3 Å². The number of carbonyl (C=O) groups excluding carboxylic acids is 2. The van der Waals surface area contributed by atoms with E-state index in [1.807, 2.05) is 26.0 Å². The highest BCUT2D eigenvalue weighted by atomic mass is 35.5. The number of methoxy groups -OCH3 is 1. The van der Waals surface area contributed by atoms with Gasteiger partial charge in [-0.3, -0.25) is 13.9 Å². The molecule has 0 spiro atoms. The summed E-state index contributed by atoms with van der Waals surface area (Å²) in [4.78, 5) is 27.5. The van der Waals surface area contributed by atoms with Crippen molar-refractivity contribution in [1.82, 2.24) is 10.2 Å². The summed E-state index contributed by atoms with van der Waals surface area (Å²) in [6, 6.07) is 13.1. The normalized spacial score (nSPS) is 12.2. The van der Waals surface area contributed by atoms with E-state index in [1.165, 1.54) is 16.3 Å². The predicted molar refractivity (Wildman–Crippen MR) is 139 cm³/mol. The molecule has 10 heteroatoms. The summed E-state index contributed by atoms with van der Waals surface area (Å²) >= 11 is 5.98. The third kappa shape index (κ3) is 8.43. The first-order valence-electron chi connectivity index (χ1n) is 11.4. The first-order valence-corrected chi connectivity index (χ1v) is 13.6. The van der Waals surface area contributed by atoms with Gasteiger partial charge in [-0.25, -0.2) is 8.42 Å². The Bertz CT molecular complexity index is 1110. The molecule has 0 fully saturated rings. The first kappa shape index (κ1) is 28.5. The number of benzene rings is 2. The van der Waals surface area contributed by atoms with Crippen molar-refractivity contribution in [2.45, 2.75) is 52.2 Å². The Morgan fingerprint density at radius 2 is 1.69 bits per heavy atom. The number of nitrogens with one attached hydrogen (secondary N) is 1. The Morgan fingerprint density at radius 3 is 2.26 bits per heavy atom. The van der Waals surface area contributed by atoms with Gasteiger partial charge >= 0.3 is 0 Å². The second-order valence-corrected chi connectivity index (χ2v) is 10.9. The smallest absolute Gasteiger partial charge is 0.242 e. The van der Waals surface area contributed by atoms with Crippen molar-refractivity contribution < 1.29 is 22.7 Å². The van der Waals surface area contributed by atoms with Crippen LogP contribution in [-0.2, 0) is 26.2 Å². The SMILES string of the molecule is COc1ccccc1N(CCCC(=O)N(Cc1ccc(Cl)cc1)[C@@H](C)C(=O)NC(C)C)S(C)(=O)=O. The zero-order chi connectivity index (χ0) is 26.2. The van der Waals surface area contributed by atoms with E-state index < -0.39 is 16.1 Å². The van der Waals surface area contributed by atoms with Crippen molar-refractivity contribution in [1.29, 1.82) is 0 Å². The second kappa shape index (κ2) is 12.8. The second-order valence-electron chi connectivity index (χ2n) is 8.60. The Balaban J connectivity index is 2.19. The van der Waals surface area contributed by atoms with Gasteiger partial charge in [-0.15, -0.1) is 0 Å². The van der Waals surface area contributed by atoms with Crippen LogP contribution in [0, 0.1) is 0 Å². The molecule has 8 nitrogen and oxygen atoms in total. The number of hydrogen-bond acceptors (Lipinski definition) is 5. The Labute approximate surface area is 213 Å². The van der Waals surface area contributed by atoms with Crippen molar-refractivity contribution in [3.63, 3.8) is 0 Å². The summed E-state index contributed by atoms with van der Waals surface area (Å²) in [6.45, 7) is 5.71. The minimum atomic E-state index is -3.61. The quantitative estimate of drug-likeness (QED) is 0.456. The highest BCUT2D eigenvalue weighted by Gasteiger charge is 2.27. The highest BCUT2D eigenvalue weighted by molar-refractivity contribution is 7.92. The molecule has 1 atom stereocenters. The minimum Gasteiger partial charge on any atom is -0.495 e. The number of nitrogens with zero attached hydrogens (tertiary/aromatic N) is 2. The van der Waals surface area contributed by atoms with Crippen molar-refractivity contribution in [2.75, 3.05) is 24.2 Å². The fourth-order valence-corrected chi connectivity index (χ4v) is 4.69. The van der Waals surface area contributed by atoms with E-state index in [1.54, 1.807) is 43.3 Å². The van der Waals surface area contributed by atoms with Crippen molar-refractivity contribution in [3.05, 3.63) is 59.1 Å². The number of ether oxygens (including phenoxy) is 1. The summed E-state index contributed by atoms with van der Waals surface area (Å²) in [5, 5.41) is 3.42. The lowest BCUT2D eigenvalue weighted by Gasteiger charge is -2.30. The summed E-state index contributed by atoms with van der Waals surface area (Å²) in [5.74, 6) is -0.0819. The van der Waals surface area contributed by atoms with Gasteiger partial charge in [-0.2, -0.15) is 0 Å². The average Bonchev–Trinajstić information content (AvgIpc) is 2.79. The standard InChI is InChI=1S/C25H34ClN3O5S/c1-18(2)27-25(31)19(3)28(17-20-12-14-21(26)15-13-20)24(30)11-8-16-29(35(5,32)33)22-9-6-7-10-23(22)34-4/h6-7,9-10,12-15,18-19H,8,11,16-17H2,1-5H3,(H,27,31)/t19-/m0/s1. The molecule has 2 rings (SSSR count). The summed E-state index contributed by atoms with van der Waals surface area (Å²) in [5.41, 5.74) is 1.24. The molecule has 0 unspecified atom stereocenters. The fourth-order valence-electron chi connectivity index (χ4n) is 3.59. The highest BCUT2D eigenvalue weighted by Crippen LogP contribution is 2.29. The van der Waals surface area contributed by atoms with Crippen molar-refractivity contribution in [3.8, 4) is 5.75 Å². The van der Waals surface area contributed by atoms with Gasteiger partial charge in [-0.1, -0.05) is 35.9 Å². The zero-order valence-electron chi connectivity index (χ0n) is 20.8. The number of sulfonamides is 1. The van der Waals surface area contributed by atoms with E-state index in [0.29, 0.717) is 16.5 Å². The third-order valence-corrected chi connectivity index (χ3v) is 6.80. The molecule has 0 aliphatic carbocycles. The Kier molecular flexibility index (Phi) is 10.4. The summed E-state index contributed by atoms with van der Waals surface area (Å²) in [7, 11) is -2.14. The third-order valence-electron chi connectivity index (χ3n) is 5.37. The van der Waals surface area contributed by atoms with Crippen LogP contribution >= 0.6 is 11.6 Å². The topological polar surface area (TPSA) is 96.0 Å². The lowest BCUT2D eigenvalue weighted by atomic mass is 10.1. The Hall–Kier alpha value is -2.78. The largest absolute Gasteiger partial charge is 0.495 e. The van der Waals surface area contributed by atoms with Crippen LogP contribution in [0.3, 0.4) is 0 Å². The monoisotopic (exact) mass is 523 g/mol. The van der Waals surface area contributed by atoms with Gasteiger partial charge in [0, 0.05) is 30.6 Å². The van der Waals surface area contributed by atoms with Crippen LogP contribution in [0.1, 0.15) is 39.2 Å². The predicted octanol–water partition coefficient (Wildman–Crippen LogP) is 3.84. The molecular weight excluding hydrogens is 490 g/mol. The molecule has 0 radical (unpaired) electrons. The maximum absolute atomic E-state index is 13.3. The lowest BCUT2D eigenvalue weighted by Crippen LogP contribution is -2.49. The molecule has 0 aliphatic heterocycles. The fraction of sp³-hybridized carbons (Fsp3) is 0.440. The molecule has 0 saturated carbocycles. The molecule has 0 heterocycles. The van der Waals surface area contributed by atoms with Gasteiger partial charge in [-0.05, 0) is 57.0 Å². The molecule has 35 heavy (non-hydrogen) atoms. The van der Waals surface area contributed by atoms with Crippen molar-refractivity contribution in [2.24, 2.45) is 0 Å². The van der Waals surface area contributed by atoms with E-state index in [9.17, 15) is 18.0 Å². The zero-order valence-corrected chi connectivity index (χ0v) is 22.4. The van der Waals surface area contributed by atoms with E-state index >= 15 is 0 Å². The lowest BCUT2D eigenvalue weighted by molar-refractivity contribution is -0.140. The number of anilines is 1. The van der Waals surface area contributed by atoms with Gasteiger partial charge in [0.25, 0.3) is 0 Å². The van der Waals surface area contributed by atoms with E-state index in [-0.39, 0.29) is 43.8 Å². The van der Waals surface area contributed by atoms with E-state index in [2.05, 4.69) is 5.32 Å². The molecule has 0 bridgehead atoms. The molecule has 1 N–H and O–H groups in total. The molecule has 0 aromatic heterocycles. The number of hydrogen-bond donors (Lipinski definition) is 1. The summed E-state index contributed by atoms with van der Waals surface area (Å²) < 4.78 is 31.5. The maximum atomic E-state index is 13.3. The van der Waals surface area contributed by atoms with Gasteiger partial charge < -0.3 is 15.0 Å². The van der Waals surface area contributed by atoms with Crippen LogP contribution < -0.4 is 14.4 Å². The molecule has 2 aromatic carbocycles.